The number of carbonyl (C=O) groups is 5. The number of rotatable bonds is 6. The van der Waals surface area contributed by atoms with Crippen LogP contribution in [0.25, 0.3) is 6.08 Å². The Morgan fingerprint density at radius 2 is 1.82 bits per heavy atom. The van der Waals surface area contributed by atoms with Crippen LogP contribution >= 0.6 is 0 Å². The molecule has 0 aromatic heterocycles. The number of nitrogens with one attached hydrogen (secondary N) is 3. The van der Waals surface area contributed by atoms with Crippen molar-refractivity contribution in [2.24, 2.45) is 16.7 Å². The van der Waals surface area contributed by atoms with E-state index in [1.165, 1.54) is 11.0 Å². The largest absolute Gasteiger partial charge is 0.449 e. The van der Waals surface area contributed by atoms with Gasteiger partial charge < -0.3 is 25.0 Å². The van der Waals surface area contributed by atoms with Gasteiger partial charge in [0.25, 0.3) is 5.91 Å². The van der Waals surface area contributed by atoms with Gasteiger partial charge in [-0.25, -0.2) is 18.0 Å². The fourth-order valence-electron chi connectivity index (χ4n) is 8.73. The van der Waals surface area contributed by atoms with Gasteiger partial charge in [0.1, 0.15) is 23.7 Å². The number of allylic oxidation sites excluding steroid dienone is 1. The third kappa shape index (κ3) is 7.99. The van der Waals surface area contributed by atoms with Gasteiger partial charge in [-0.05, 0) is 67.1 Å². The van der Waals surface area contributed by atoms with Crippen LogP contribution in [-0.4, -0.2) is 90.3 Å². The third-order valence-electron chi connectivity index (χ3n) is 12.3. The predicted octanol–water partition coefficient (Wildman–Crippen LogP) is 4.29. The molecule has 5 amide bonds. The Labute approximate surface area is 322 Å². The second kappa shape index (κ2) is 14.6. The highest BCUT2D eigenvalue weighted by molar-refractivity contribution is 7.91. The number of amides is 5. The minimum atomic E-state index is -3.91. The normalized spacial score (nSPS) is 30.2. The van der Waals surface area contributed by atoms with Crippen LogP contribution < -0.4 is 15.4 Å². The molecule has 4 bridgehead atoms. The maximum atomic E-state index is 14.6. The molecule has 6 aliphatic rings. The number of sulfonamides is 1. The number of carbonyl (C=O) groups excluding carboxylic acids is 5. The first-order valence-electron chi connectivity index (χ1n) is 19.5. The monoisotopic (exact) mass is 779 g/mol. The Morgan fingerprint density at radius 1 is 1.07 bits per heavy atom. The van der Waals surface area contributed by atoms with Gasteiger partial charge in [-0.3, -0.25) is 24.0 Å². The van der Waals surface area contributed by atoms with Crippen molar-refractivity contribution in [3.8, 4) is 0 Å². The quantitative estimate of drug-likeness (QED) is 0.355. The zero-order valence-electron chi connectivity index (χ0n) is 31.9. The summed E-state index contributed by atoms with van der Waals surface area (Å²) in [7, 11) is -3.91. The van der Waals surface area contributed by atoms with E-state index in [0.717, 1.165) is 55.2 Å². The molecule has 4 fully saturated rings. The van der Waals surface area contributed by atoms with Crippen molar-refractivity contribution in [3.63, 3.8) is 0 Å². The highest BCUT2D eigenvalue weighted by Crippen LogP contribution is 2.46. The Balaban J connectivity index is 1.17. The van der Waals surface area contributed by atoms with Crippen molar-refractivity contribution in [2.75, 3.05) is 13.2 Å². The molecule has 3 saturated carbocycles. The smallest absolute Gasteiger partial charge is 0.410 e. The van der Waals surface area contributed by atoms with Crippen LogP contribution in [0, 0.1) is 16.7 Å². The van der Waals surface area contributed by atoms with Crippen molar-refractivity contribution in [1.82, 2.24) is 25.2 Å². The minimum Gasteiger partial charge on any atom is -0.449 e. The number of nitrogens with zero attached hydrogens (tertiary/aromatic N) is 2. The lowest BCUT2D eigenvalue weighted by molar-refractivity contribution is -0.143. The lowest BCUT2D eigenvalue weighted by Gasteiger charge is -2.36. The fraction of sp³-hybridized carbons (Fsp3) is 0.625. The SMILES string of the molecule is C=C[C@H]1C[C@]1(NC(=O)C1C[C@@H]2CN1C(=O)[C@H](C(C)(C)C)NC(=O)OCC1(CC/C=C/c3cccc4c3CN(C4)C(=O)O2)CCCC1)C(=O)NS(=O)(=O)C1CC1. The van der Waals surface area contributed by atoms with Crippen molar-refractivity contribution in [3.05, 3.63) is 53.6 Å². The van der Waals surface area contributed by atoms with Crippen LogP contribution in [0.15, 0.2) is 36.9 Å². The molecule has 298 valence electrons. The van der Waals surface area contributed by atoms with Crippen molar-refractivity contribution >= 4 is 46.0 Å². The number of hydrogen-bond acceptors (Lipinski definition) is 9. The zero-order chi connectivity index (χ0) is 39.3. The highest BCUT2D eigenvalue weighted by Gasteiger charge is 2.62. The molecule has 1 aromatic rings. The molecule has 55 heavy (non-hydrogen) atoms. The standard InChI is InChI=1S/C40H53N5O9S/c1-5-27-20-40(27,35(48)43-55(51,52)29-14-15-29)42-33(46)31-19-28-22-45(31)34(47)32(38(2,3)4)41-36(49)53-24-39(17-8-9-18-39)16-7-6-11-25-12-10-13-26-21-44(23-30(25)26)37(50)54-28/h5-6,10-13,27-29,31-32H,1,7-9,14-24H2,2-4H3,(H,41,49)(H,42,46)(H,43,48)/b11-6+/t27-,28+,31?,32+,40+/m0/s1. The molecule has 5 atom stereocenters. The van der Waals surface area contributed by atoms with Crippen LogP contribution in [0.2, 0.25) is 0 Å². The van der Waals surface area contributed by atoms with Gasteiger partial charge in [0.2, 0.25) is 21.8 Å². The molecule has 1 aromatic carbocycles. The van der Waals surface area contributed by atoms with E-state index >= 15 is 0 Å². The predicted molar refractivity (Wildman–Crippen MR) is 202 cm³/mol. The Hall–Kier alpha value is -4.40. The molecular formula is C40H53N5O9S. The third-order valence-corrected chi connectivity index (χ3v) is 14.1. The molecule has 1 saturated heterocycles. The molecule has 1 spiro atoms. The molecule has 15 heteroatoms. The lowest BCUT2D eigenvalue weighted by Crippen LogP contribution is -2.60. The first-order chi connectivity index (χ1) is 26.0. The van der Waals surface area contributed by atoms with E-state index in [4.69, 9.17) is 9.47 Å². The van der Waals surface area contributed by atoms with E-state index in [1.807, 2.05) is 18.2 Å². The second-order valence-electron chi connectivity index (χ2n) is 17.4. The van der Waals surface area contributed by atoms with Crippen LogP contribution in [0.1, 0.15) is 102 Å². The molecule has 1 unspecified atom stereocenters. The summed E-state index contributed by atoms with van der Waals surface area (Å²) in [6.07, 6.45) is 9.99. The van der Waals surface area contributed by atoms with Gasteiger partial charge in [-0.2, -0.15) is 0 Å². The van der Waals surface area contributed by atoms with Crippen molar-refractivity contribution < 1.29 is 41.9 Å². The van der Waals surface area contributed by atoms with Gasteiger partial charge in [-0.15, -0.1) is 6.58 Å². The molecule has 7 rings (SSSR count). The molecule has 3 heterocycles. The Kier molecular flexibility index (Phi) is 10.3. The molecule has 3 aliphatic heterocycles. The van der Waals surface area contributed by atoms with Crippen LogP contribution in [0.3, 0.4) is 0 Å². The molecule has 3 aliphatic carbocycles. The molecule has 3 N–H and O–H groups in total. The molecule has 14 nitrogen and oxygen atoms in total. The highest BCUT2D eigenvalue weighted by atomic mass is 32.2. The average Bonchev–Trinajstić information content (AvgIpc) is 3.94. The summed E-state index contributed by atoms with van der Waals surface area (Å²) in [5.41, 5.74) is 0.464. The molecular weight excluding hydrogens is 727 g/mol. The minimum absolute atomic E-state index is 0.0846. The number of benzene rings is 1. The summed E-state index contributed by atoms with van der Waals surface area (Å²) in [4.78, 5) is 72.5. The van der Waals surface area contributed by atoms with Gasteiger partial charge in [0.15, 0.2) is 0 Å². The number of fused-ring (bicyclic) bond motifs is 3. The van der Waals surface area contributed by atoms with Gasteiger partial charge in [0.05, 0.1) is 24.9 Å². The van der Waals surface area contributed by atoms with E-state index in [0.29, 0.717) is 25.9 Å². The zero-order valence-corrected chi connectivity index (χ0v) is 32.8. The van der Waals surface area contributed by atoms with Crippen LogP contribution in [0.4, 0.5) is 9.59 Å². The topological polar surface area (TPSA) is 181 Å². The van der Waals surface area contributed by atoms with E-state index in [1.54, 1.807) is 25.7 Å². The lowest BCUT2D eigenvalue weighted by atomic mass is 9.82. The summed E-state index contributed by atoms with van der Waals surface area (Å²) in [6.45, 7) is 9.89. The van der Waals surface area contributed by atoms with Crippen molar-refractivity contribution in [2.45, 2.75) is 127 Å². The number of cyclic esters (lactones) is 1. The number of hydrogen-bond donors (Lipinski definition) is 3. The first-order valence-corrected chi connectivity index (χ1v) is 21.1. The summed E-state index contributed by atoms with van der Waals surface area (Å²) >= 11 is 0. The van der Waals surface area contributed by atoms with E-state index in [9.17, 15) is 32.4 Å². The first kappa shape index (κ1) is 38.9. The van der Waals surface area contributed by atoms with Gasteiger partial charge in [-0.1, -0.05) is 70.0 Å². The van der Waals surface area contributed by atoms with E-state index < -0.39 is 80.2 Å². The summed E-state index contributed by atoms with van der Waals surface area (Å²) in [5.74, 6) is -2.70. The average molecular weight is 780 g/mol. The maximum absolute atomic E-state index is 14.6. The molecule has 0 radical (unpaired) electrons. The Morgan fingerprint density at radius 3 is 2.49 bits per heavy atom. The Bertz CT molecular complexity index is 1900. The summed E-state index contributed by atoms with van der Waals surface area (Å²) in [5, 5.41) is 4.91. The van der Waals surface area contributed by atoms with E-state index in [2.05, 4.69) is 34.1 Å². The number of alkyl carbamates (subject to hydrolysis) is 1. The fourth-order valence-corrected chi connectivity index (χ4v) is 10.1. The summed E-state index contributed by atoms with van der Waals surface area (Å²) in [6, 6.07) is 3.63. The van der Waals surface area contributed by atoms with Gasteiger partial charge in [0, 0.05) is 24.3 Å². The maximum Gasteiger partial charge on any atom is 0.410 e. The van der Waals surface area contributed by atoms with Crippen LogP contribution in [0.5, 0.6) is 0 Å². The van der Waals surface area contributed by atoms with Crippen LogP contribution in [-0.2, 0) is 47.0 Å². The number of ether oxygens (including phenoxy) is 2. The van der Waals surface area contributed by atoms with Crippen molar-refractivity contribution in [1.29, 1.82) is 0 Å². The second-order valence-corrected chi connectivity index (χ2v) is 19.4. The van der Waals surface area contributed by atoms with E-state index in [-0.39, 0.29) is 31.4 Å². The van der Waals surface area contributed by atoms with Gasteiger partial charge >= 0.3 is 12.2 Å². The summed E-state index contributed by atoms with van der Waals surface area (Å²) < 4.78 is 39.4.